The van der Waals surface area contributed by atoms with Crippen LogP contribution in [0.15, 0.2) is 36.4 Å². The Hall–Kier alpha value is -2.14. The Balaban J connectivity index is 1.74. The van der Waals surface area contributed by atoms with E-state index < -0.39 is 0 Å². The van der Waals surface area contributed by atoms with Crippen molar-refractivity contribution in [1.29, 1.82) is 0 Å². The van der Waals surface area contributed by atoms with Gasteiger partial charge in [0.1, 0.15) is 5.75 Å². The molecule has 20 heavy (non-hydrogen) atoms. The minimum absolute atomic E-state index is 0.176. The maximum Gasteiger partial charge on any atom is 0.240 e. The standard InChI is InChI=1S/C15H13NO4/c1-19-9-4-2-3-8(7-9)16-14(17)12-10-5-6-11(20-10)13(12)15(16)18/h2-7,10-13H,1H3/t10-,11+,12-,13+. The molecule has 102 valence electrons. The molecule has 0 aromatic heterocycles. The summed E-state index contributed by atoms with van der Waals surface area (Å²) >= 11 is 0. The third-order valence-corrected chi connectivity index (χ3v) is 4.22. The van der Waals surface area contributed by atoms with Crippen LogP contribution in [0.5, 0.6) is 5.75 Å². The van der Waals surface area contributed by atoms with Crippen LogP contribution in [0, 0.1) is 11.8 Å². The van der Waals surface area contributed by atoms with Gasteiger partial charge in [0.25, 0.3) is 0 Å². The van der Waals surface area contributed by atoms with Gasteiger partial charge in [-0.3, -0.25) is 9.59 Å². The number of hydrogen-bond acceptors (Lipinski definition) is 4. The number of methoxy groups -OCH3 is 1. The second-order valence-corrected chi connectivity index (χ2v) is 5.22. The van der Waals surface area contributed by atoms with Crippen molar-refractivity contribution in [3.8, 4) is 5.75 Å². The highest BCUT2D eigenvalue weighted by Gasteiger charge is 2.60. The van der Waals surface area contributed by atoms with Gasteiger partial charge >= 0.3 is 0 Å². The minimum Gasteiger partial charge on any atom is -0.497 e. The van der Waals surface area contributed by atoms with E-state index in [1.165, 1.54) is 4.90 Å². The van der Waals surface area contributed by atoms with Gasteiger partial charge in [-0.2, -0.15) is 0 Å². The van der Waals surface area contributed by atoms with Crippen molar-refractivity contribution in [1.82, 2.24) is 0 Å². The molecular weight excluding hydrogens is 258 g/mol. The largest absolute Gasteiger partial charge is 0.497 e. The number of amides is 2. The molecule has 1 aromatic rings. The summed E-state index contributed by atoms with van der Waals surface area (Å²) in [5.41, 5.74) is 0.563. The van der Waals surface area contributed by atoms with Gasteiger partial charge in [-0.25, -0.2) is 4.90 Å². The van der Waals surface area contributed by atoms with Gasteiger partial charge in [0.2, 0.25) is 11.8 Å². The third-order valence-electron chi connectivity index (χ3n) is 4.22. The number of rotatable bonds is 2. The molecule has 0 spiro atoms. The van der Waals surface area contributed by atoms with E-state index in [0.29, 0.717) is 11.4 Å². The molecule has 5 nitrogen and oxygen atoms in total. The van der Waals surface area contributed by atoms with Crippen LogP contribution in [-0.4, -0.2) is 31.1 Å². The van der Waals surface area contributed by atoms with Crippen molar-refractivity contribution in [3.05, 3.63) is 36.4 Å². The Bertz CT molecular complexity index is 609. The molecule has 0 unspecified atom stereocenters. The highest BCUT2D eigenvalue weighted by molar-refractivity contribution is 6.23. The van der Waals surface area contributed by atoms with Crippen molar-refractivity contribution in [2.24, 2.45) is 11.8 Å². The summed E-state index contributed by atoms with van der Waals surface area (Å²) in [6.45, 7) is 0. The predicted molar refractivity (Wildman–Crippen MR) is 70.3 cm³/mol. The maximum atomic E-state index is 12.5. The van der Waals surface area contributed by atoms with Crippen molar-refractivity contribution < 1.29 is 19.1 Å². The number of nitrogens with zero attached hydrogens (tertiary/aromatic N) is 1. The number of ether oxygens (including phenoxy) is 2. The van der Waals surface area contributed by atoms with Gasteiger partial charge in [0.05, 0.1) is 36.8 Å². The Morgan fingerprint density at radius 1 is 1.10 bits per heavy atom. The summed E-state index contributed by atoms with van der Waals surface area (Å²) in [6, 6.07) is 7.00. The lowest BCUT2D eigenvalue weighted by Crippen LogP contribution is -2.34. The van der Waals surface area contributed by atoms with Crippen LogP contribution in [0.3, 0.4) is 0 Å². The van der Waals surface area contributed by atoms with E-state index in [0.717, 1.165) is 0 Å². The van der Waals surface area contributed by atoms with Crippen molar-refractivity contribution in [2.75, 3.05) is 12.0 Å². The van der Waals surface area contributed by atoms with Gasteiger partial charge in [0, 0.05) is 6.07 Å². The topological polar surface area (TPSA) is 55.8 Å². The van der Waals surface area contributed by atoms with E-state index in [4.69, 9.17) is 9.47 Å². The second-order valence-electron chi connectivity index (χ2n) is 5.22. The fourth-order valence-corrected chi connectivity index (χ4v) is 3.31. The molecule has 4 atom stereocenters. The van der Waals surface area contributed by atoms with Crippen LogP contribution in [0.2, 0.25) is 0 Å². The Kier molecular flexibility index (Phi) is 2.29. The second kappa shape index (κ2) is 3.93. The van der Waals surface area contributed by atoms with Crippen molar-refractivity contribution in [2.45, 2.75) is 12.2 Å². The zero-order chi connectivity index (χ0) is 13.9. The molecule has 2 amide bonds. The summed E-state index contributed by atoms with van der Waals surface area (Å²) in [4.78, 5) is 26.3. The maximum absolute atomic E-state index is 12.5. The number of imide groups is 1. The molecule has 2 bridgehead atoms. The van der Waals surface area contributed by atoms with Crippen LogP contribution in [0.1, 0.15) is 0 Å². The molecule has 2 fully saturated rings. The fourth-order valence-electron chi connectivity index (χ4n) is 3.31. The van der Waals surface area contributed by atoms with Crippen LogP contribution in [-0.2, 0) is 14.3 Å². The molecule has 3 heterocycles. The average Bonchev–Trinajstić information content (AvgIpc) is 3.13. The number of benzene rings is 1. The monoisotopic (exact) mass is 271 g/mol. The predicted octanol–water partition coefficient (Wildman–Crippen LogP) is 1.14. The molecule has 4 rings (SSSR count). The quantitative estimate of drug-likeness (QED) is 0.598. The van der Waals surface area contributed by atoms with E-state index in [-0.39, 0.29) is 35.9 Å². The van der Waals surface area contributed by atoms with Gasteiger partial charge in [-0.15, -0.1) is 0 Å². The van der Waals surface area contributed by atoms with Gasteiger partial charge in [0.15, 0.2) is 0 Å². The van der Waals surface area contributed by atoms with Crippen LogP contribution in [0.4, 0.5) is 5.69 Å². The molecule has 0 N–H and O–H groups in total. The van der Waals surface area contributed by atoms with Crippen LogP contribution < -0.4 is 9.64 Å². The first-order valence-corrected chi connectivity index (χ1v) is 6.56. The lowest BCUT2D eigenvalue weighted by Gasteiger charge is -2.18. The molecule has 0 aliphatic carbocycles. The first-order valence-electron chi connectivity index (χ1n) is 6.56. The number of fused-ring (bicyclic) bond motifs is 5. The van der Waals surface area contributed by atoms with E-state index >= 15 is 0 Å². The lowest BCUT2D eigenvalue weighted by molar-refractivity contribution is -0.124. The minimum atomic E-state index is -0.372. The lowest BCUT2D eigenvalue weighted by atomic mass is 9.85. The molecule has 2 saturated heterocycles. The Labute approximate surface area is 115 Å². The van der Waals surface area contributed by atoms with E-state index in [2.05, 4.69) is 0 Å². The molecule has 0 radical (unpaired) electrons. The number of anilines is 1. The smallest absolute Gasteiger partial charge is 0.240 e. The zero-order valence-electron chi connectivity index (χ0n) is 10.9. The van der Waals surface area contributed by atoms with E-state index in [1.54, 1.807) is 31.4 Å². The third kappa shape index (κ3) is 1.35. The molecule has 0 saturated carbocycles. The van der Waals surface area contributed by atoms with Crippen molar-refractivity contribution in [3.63, 3.8) is 0 Å². The number of hydrogen-bond donors (Lipinski definition) is 0. The molecule has 5 heteroatoms. The summed E-state index contributed by atoms with van der Waals surface area (Å²) in [6.07, 6.45) is 3.26. The highest BCUT2D eigenvalue weighted by Crippen LogP contribution is 2.46. The SMILES string of the molecule is COc1cccc(N2C(=O)[C@@H]3[C@H](C2=O)[C@H]2C=C[C@@H]3O2)c1. The average molecular weight is 271 g/mol. The van der Waals surface area contributed by atoms with E-state index in [1.807, 2.05) is 12.2 Å². The van der Waals surface area contributed by atoms with Crippen molar-refractivity contribution >= 4 is 17.5 Å². The normalized spacial score (nSPS) is 34.0. The Morgan fingerprint density at radius 3 is 2.35 bits per heavy atom. The molecule has 3 aliphatic rings. The summed E-state index contributed by atoms with van der Waals surface area (Å²) in [7, 11) is 1.56. The summed E-state index contributed by atoms with van der Waals surface area (Å²) in [5.74, 6) is -0.472. The van der Waals surface area contributed by atoms with E-state index in [9.17, 15) is 9.59 Å². The molecule has 1 aromatic carbocycles. The summed E-state index contributed by atoms with van der Waals surface area (Å²) < 4.78 is 10.8. The first-order chi connectivity index (χ1) is 9.70. The Morgan fingerprint density at radius 2 is 1.75 bits per heavy atom. The molecular formula is C15H13NO4. The number of carbonyl (C=O) groups is 2. The fraction of sp³-hybridized carbons (Fsp3) is 0.333. The number of carbonyl (C=O) groups excluding carboxylic acids is 2. The molecule has 3 aliphatic heterocycles. The van der Waals surface area contributed by atoms with Gasteiger partial charge in [-0.1, -0.05) is 18.2 Å². The summed E-state index contributed by atoms with van der Waals surface area (Å²) in [5, 5.41) is 0. The first kappa shape index (κ1) is 11.7. The highest BCUT2D eigenvalue weighted by atomic mass is 16.5. The zero-order valence-corrected chi connectivity index (χ0v) is 10.9. The van der Waals surface area contributed by atoms with Crippen LogP contribution >= 0.6 is 0 Å². The van der Waals surface area contributed by atoms with Gasteiger partial charge in [-0.05, 0) is 12.1 Å². The van der Waals surface area contributed by atoms with Crippen LogP contribution in [0.25, 0.3) is 0 Å². The van der Waals surface area contributed by atoms with Gasteiger partial charge < -0.3 is 9.47 Å².